The highest BCUT2D eigenvalue weighted by atomic mass is 19.1. The van der Waals surface area contributed by atoms with Gasteiger partial charge in [0.2, 0.25) is 5.82 Å². The molecule has 2 heterocycles. The second-order valence-corrected chi connectivity index (χ2v) is 6.51. The molecule has 6 nitrogen and oxygen atoms in total. The lowest BCUT2D eigenvalue weighted by atomic mass is 10.1. The van der Waals surface area contributed by atoms with E-state index in [9.17, 15) is 9.18 Å². The number of hydrogen-bond donors (Lipinski definition) is 1. The highest BCUT2D eigenvalue weighted by molar-refractivity contribution is 5.94. The number of hydrogen-bond acceptors (Lipinski definition) is 5. The molecule has 0 saturated carbocycles. The molecule has 1 unspecified atom stereocenters. The SMILES string of the molecule is COc1nc(-c2ccc(C(=O)NCCCCC3CCCO3)cc2)ncc1F. The Morgan fingerprint density at radius 3 is 2.85 bits per heavy atom. The van der Waals surface area contributed by atoms with Crippen molar-refractivity contribution < 1.29 is 18.7 Å². The van der Waals surface area contributed by atoms with Gasteiger partial charge in [-0.1, -0.05) is 12.1 Å². The number of unbranched alkanes of at least 4 members (excludes halogenated alkanes) is 1. The van der Waals surface area contributed by atoms with Gasteiger partial charge in [0.15, 0.2) is 5.82 Å². The fourth-order valence-electron chi connectivity index (χ4n) is 3.08. The van der Waals surface area contributed by atoms with Gasteiger partial charge in [-0.15, -0.1) is 0 Å². The summed E-state index contributed by atoms with van der Waals surface area (Å²) in [6.45, 7) is 1.53. The first-order chi connectivity index (χ1) is 13.2. The van der Waals surface area contributed by atoms with Crippen LogP contribution in [-0.2, 0) is 4.74 Å². The summed E-state index contributed by atoms with van der Waals surface area (Å²) in [4.78, 5) is 20.2. The van der Waals surface area contributed by atoms with Gasteiger partial charge >= 0.3 is 0 Å². The van der Waals surface area contributed by atoms with E-state index < -0.39 is 5.82 Å². The van der Waals surface area contributed by atoms with Crippen molar-refractivity contribution in [3.8, 4) is 17.3 Å². The molecule has 1 aromatic carbocycles. The van der Waals surface area contributed by atoms with E-state index in [-0.39, 0.29) is 11.8 Å². The number of halogens is 1. The summed E-state index contributed by atoms with van der Waals surface area (Å²) in [6.07, 6.45) is 6.83. The van der Waals surface area contributed by atoms with Crippen LogP contribution in [0, 0.1) is 5.82 Å². The summed E-state index contributed by atoms with van der Waals surface area (Å²) in [5.41, 5.74) is 1.24. The lowest BCUT2D eigenvalue weighted by Gasteiger charge is -2.09. The third kappa shape index (κ3) is 5.23. The minimum Gasteiger partial charge on any atom is -0.479 e. The van der Waals surface area contributed by atoms with Crippen LogP contribution in [0.15, 0.2) is 30.5 Å². The Kier molecular flexibility index (Phi) is 6.70. The van der Waals surface area contributed by atoms with E-state index in [1.807, 2.05) is 0 Å². The van der Waals surface area contributed by atoms with Gasteiger partial charge in [-0.2, -0.15) is 9.37 Å². The molecule has 2 aromatic rings. The van der Waals surface area contributed by atoms with Crippen molar-refractivity contribution in [3.63, 3.8) is 0 Å². The topological polar surface area (TPSA) is 73.3 Å². The van der Waals surface area contributed by atoms with E-state index in [0.717, 1.165) is 44.9 Å². The first-order valence-corrected chi connectivity index (χ1v) is 9.24. The predicted octanol–water partition coefficient (Wildman–Crippen LogP) is 3.37. The van der Waals surface area contributed by atoms with Crippen molar-refractivity contribution in [1.29, 1.82) is 0 Å². The molecule has 3 rings (SSSR count). The molecule has 7 heteroatoms. The summed E-state index contributed by atoms with van der Waals surface area (Å²) < 4.78 is 23.9. The van der Waals surface area contributed by atoms with Crippen molar-refractivity contribution in [2.45, 2.75) is 38.2 Å². The van der Waals surface area contributed by atoms with Crippen LogP contribution in [-0.4, -0.2) is 42.2 Å². The highest BCUT2D eigenvalue weighted by Crippen LogP contribution is 2.20. The fraction of sp³-hybridized carbons (Fsp3) is 0.450. The maximum atomic E-state index is 13.4. The number of nitrogens with zero attached hydrogens (tertiary/aromatic N) is 2. The maximum absolute atomic E-state index is 13.4. The zero-order chi connectivity index (χ0) is 19.1. The van der Waals surface area contributed by atoms with E-state index in [4.69, 9.17) is 9.47 Å². The van der Waals surface area contributed by atoms with Gasteiger partial charge in [-0.25, -0.2) is 4.98 Å². The number of ether oxygens (including phenoxy) is 2. The standard InChI is InChI=1S/C20H24FN3O3/c1-26-20-17(21)13-23-18(24-20)14-7-9-15(10-8-14)19(25)22-11-3-2-5-16-6-4-12-27-16/h7-10,13,16H,2-6,11-12H2,1H3,(H,22,25). The largest absolute Gasteiger partial charge is 0.479 e. The second-order valence-electron chi connectivity index (χ2n) is 6.51. The van der Waals surface area contributed by atoms with Crippen molar-refractivity contribution in [3.05, 3.63) is 41.8 Å². The Balaban J connectivity index is 1.48. The number of nitrogens with one attached hydrogen (secondary N) is 1. The molecule has 27 heavy (non-hydrogen) atoms. The Bertz CT molecular complexity index is 762. The molecule has 1 saturated heterocycles. The smallest absolute Gasteiger partial charge is 0.253 e. The van der Waals surface area contributed by atoms with Crippen LogP contribution >= 0.6 is 0 Å². The summed E-state index contributed by atoms with van der Waals surface area (Å²) in [7, 11) is 1.35. The Labute approximate surface area is 158 Å². The third-order valence-electron chi connectivity index (χ3n) is 4.57. The average Bonchev–Trinajstić information content (AvgIpc) is 3.21. The van der Waals surface area contributed by atoms with E-state index >= 15 is 0 Å². The number of carbonyl (C=O) groups excluding carboxylic acids is 1. The Morgan fingerprint density at radius 1 is 1.33 bits per heavy atom. The predicted molar refractivity (Wildman–Crippen MR) is 99.1 cm³/mol. The number of benzene rings is 1. The first kappa shape index (κ1) is 19.2. The van der Waals surface area contributed by atoms with Gasteiger partial charge in [0.25, 0.3) is 11.8 Å². The minimum atomic E-state index is -0.614. The number of rotatable bonds is 8. The zero-order valence-corrected chi connectivity index (χ0v) is 15.4. The van der Waals surface area contributed by atoms with Gasteiger partial charge in [0.05, 0.1) is 19.4 Å². The Morgan fingerprint density at radius 2 is 2.15 bits per heavy atom. The molecule has 0 aliphatic carbocycles. The van der Waals surface area contributed by atoms with E-state index in [0.29, 0.717) is 29.6 Å². The zero-order valence-electron chi connectivity index (χ0n) is 15.4. The molecule has 1 aliphatic heterocycles. The van der Waals surface area contributed by atoms with Crippen molar-refractivity contribution >= 4 is 5.91 Å². The molecule has 1 fully saturated rings. The number of aromatic nitrogens is 2. The third-order valence-corrected chi connectivity index (χ3v) is 4.57. The van der Waals surface area contributed by atoms with Crippen LogP contribution in [0.1, 0.15) is 42.5 Å². The number of amides is 1. The molecule has 1 aliphatic rings. The monoisotopic (exact) mass is 373 g/mol. The molecule has 1 atom stereocenters. The van der Waals surface area contributed by atoms with E-state index in [2.05, 4.69) is 15.3 Å². The summed E-state index contributed by atoms with van der Waals surface area (Å²) in [6, 6.07) is 6.88. The van der Waals surface area contributed by atoms with Crippen LogP contribution in [0.5, 0.6) is 5.88 Å². The number of methoxy groups -OCH3 is 1. The molecular weight excluding hydrogens is 349 g/mol. The molecule has 1 N–H and O–H groups in total. The molecule has 0 spiro atoms. The highest BCUT2D eigenvalue weighted by Gasteiger charge is 2.14. The minimum absolute atomic E-state index is 0.107. The van der Waals surface area contributed by atoms with Crippen molar-refractivity contribution in [2.75, 3.05) is 20.3 Å². The summed E-state index contributed by atoms with van der Waals surface area (Å²) >= 11 is 0. The fourth-order valence-corrected chi connectivity index (χ4v) is 3.08. The van der Waals surface area contributed by atoms with Crippen LogP contribution in [0.4, 0.5) is 4.39 Å². The lowest BCUT2D eigenvalue weighted by Crippen LogP contribution is -2.24. The second kappa shape index (κ2) is 9.41. The maximum Gasteiger partial charge on any atom is 0.253 e. The van der Waals surface area contributed by atoms with Gasteiger partial charge < -0.3 is 14.8 Å². The van der Waals surface area contributed by atoms with Crippen LogP contribution in [0.3, 0.4) is 0 Å². The quantitative estimate of drug-likeness (QED) is 0.718. The van der Waals surface area contributed by atoms with Gasteiger partial charge in [0, 0.05) is 24.3 Å². The van der Waals surface area contributed by atoms with Crippen LogP contribution in [0.25, 0.3) is 11.4 Å². The molecular formula is C20H24FN3O3. The molecule has 0 radical (unpaired) electrons. The van der Waals surface area contributed by atoms with Crippen LogP contribution in [0.2, 0.25) is 0 Å². The van der Waals surface area contributed by atoms with Crippen LogP contribution < -0.4 is 10.1 Å². The first-order valence-electron chi connectivity index (χ1n) is 9.24. The lowest BCUT2D eigenvalue weighted by molar-refractivity contribution is 0.0947. The molecule has 1 amide bonds. The van der Waals surface area contributed by atoms with Crippen molar-refractivity contribution in [1.82, 2.24) is 15.3 Å². The summed E-state index contributed by atoms with van der Waals surface area (Å²) in [5.74, 6) is -0.493. The van der Waals surface area contributed by atoms with Gasteiger partial charge in [0.1, 0.15) is 0 Å². The summed E-state index contributed by atoms with van der Waals surface area (Å²) in [5, 5.41) is 2.93. The molecule has 144 valence electrons. The number of carbonyl (C=O) groups is 1. The van der Waals surface area contributed by atoms with E-state index in [1.54, 1.807) is 24.3 Å². The molecule has 1 aromatic heterocycles. The van der Waals surface area contributed by atoms with Crippen molar-refractivity contribution in [2.24, 2.45) is 0 Å². The van der Waals surface area contributed by atoms with E-state index in [1.165, 1.54) is 7.11 Å². The normalized spacial score (nSPS) is 16.3. The van der Waals surface area contributed by atoms with Gasteiger partial charge in [-0.3, -0.25) is 4.79 Å². The van der Waals surface area contributed by atoms with Gasteiger partial charge in [-0.05, 0) is 44.2 Å². The average molecular weight is 373 g/mol. The molecule has 0 bridgehead atoms. The Hall–Kier alpha value is -2.54.